The van der Waals surface area contributed by atoms with E-state index >= 15 is 0 Å². The third kappa shape index (κ3) is 2.56. The number of hydrogen-bond donors (Lipinski definition) is 2. The van der Waals surface area contributed by atoms with Gasteiger partial charge in [0.1, 0.15) is 11.6 Å². The Labute approximate surface area is 105 Å². The van der Waals surface area contributed by atoms with E-state index in [1.165, 1.54) is 12.3 Å². The Morgan fingerprint density at radius 3 is 2.72 bits per heavy atom. The van der Waals surface area contributed by atoms with Crippen molar-refractivity contribution >= 4 is 0 Å². The van der Waals surface area contributed by atoms with Gasteiger partial charge in [0.2, 0.25) is 0 Å². The van der Waals surface area contributed by atoms with Crippen molar-refractivity contribution in [2.24, 2.45) is 11.7 Å². The summed E-state index contributed by atoms with van der Waals surface area (Å²) in [6.07, 6.45) is 4.47. The molecule has 3 N–H and O–H groups in total. The maximum atomic E-state index is 13.1. The van der Waals surface area contributed by atoms with Crippen LogP contribution in [-0.4, -0.2) is 21.5 Å². The second-order valence-electron chi connectivity index (χ2n) is 4.66. The van der Waals surface area contributed by atoms with E-state index in [0.29, 0.717) is 18.0 Å². The lowest BCUT2D eigenvalue weighted by atomic mass is 9.95. The predicted molar refractivity (Wildman–Crippen MR) is 68.4 cm³/mol. The summed E-state index contributed by atoms with van der Waals surface area (Å²) in [5.74, 6) is 1.06. The summed E-state index contributed by atoms with van der Waals surface area (Å²) >= 11 is 0. The van der Waals surface area contributed by atoms with Crippen LogP contribution >= 0.6 is 0 Å². The predicted octanol–water partition coefficient (Wildman–Crippen LogP) is 2.31. The molecule has 0 fully saturated rings. The van der Waals surface area contributed by atoms with E-state index in [2.05, 4.69) is 28.8 Å². The van der Waals surface area contributed by atoms with Crippen molar-refractivity contribution in [2.75, 3.05) is 6.54 Å². The number of nitrogens with two attached hydrogens (primary N) is 1. The van der Waals surface area contributed by atoms with Crippen LogP contribution in [0.15, 0.2) is 24.7 Å². The quantitative estimate of drug-likeness (QED) is 0.872. The zero-order chi connectivity index (χ0) is 13.1. The van der Waals surface area contributed by atoms with Gasteiger partial charge in [0, 0.05) is 24.2 Å². The lowest BCUT2D eigenvalue weighted by Crippen LogP contribution is -2.19. The number of nitrogens with one attached hydrogen (secondary N) is 1. The molecule has 2 rings (SSSR count). The average molecular weight is 248 g/mol. The zero-order valence-corrected chi connectivity index (χ0v) is 10.5. The van der Waals surface area contributed by atoms with Gasteiger partial charge in [-0.25, -0.2) is 9.37 Å². The third-order valence-corrected chi connectivity index (χ3v) is 3.02. The van der Waals surface area contributed by atoms with Gasteiger partial charge in [-0.05, 0) is 12.0 Å². The number of H-pyrrole nitrogens is 1. The Kier molecular flexibility index (Phi) is 3.72. The summed E-state index contributed by atoms with van der Waals surface area (Å²) in [4.78, 5) is 11.3. The van der Waals surface area contributed by atoms with Crippen LogP contribution in [0.2, 0.25) is 0 Å². The Hall–Kier alpha value is -1.75. The van der Waals surface area contributed by atoms with Gasteiger partial charge in [-0.15, -0.1) is 0 Å². The fraction of sp³-hybridized carbons (Fsp3) is 0.385. The molecule has 96 valence electrons. The van der Waals surface area contributed by atoms with E-state index in [0.717, 1.165) is 11.5 Å². The first-order valence-electron chi connectivity index (χ1n) is 5.97. The molecule has 0 spiro atoms. The molecular weight excluding hydrogens is 231 g/mol. The van der Waals surface area contributed by atoms with Gasteiger partial charge < -0.3 is 10.7 Å². The first-order valence-corrected chi connectivity index (χ1v) is 5.97. The van der Waals surface area contributed by atoms with E-state index in [1.54, 1.807) is 12.4 Å². The second kappa shape index (κ2) is 5.27. The molecule has 0 saturated carbocycles. The van der Waals surface area contributed by atoms with Gasteiger partial charge in [-0.1, -0.05) is 13.8 Å². The van der Waals surface area contributed by atoms with E-state index < -0.39 is 0 Å². The minimum Gasteiger partial charge on any atom is -0.342 e. The lowest BCUT2D eigenvalue weighted by molar-refractivity contribution is 0.487. The molecular formula is C13H17FN4. The molecule has 1 unspecified atom stereocenters. The molecule has 2 aromatic heterocycles. The molecule has 0 aliphatic heterocycles. The Bertz CT molecular complexity index is 521. The Morgan fingerprint density at radius 2 is 2.11 bits per heavy atom. The summed E-state index contributed by atoms with van der Waals surface area (Å²) in [6.45, 7) is 4.74. The molecule has 2 aromatic rings. The number of imidazole rings is 1. The van der Waals surface area contributed by atoms with Gasteiger partial charge >= 0.3 is 0 Å². The molecule has 18 heavy (non-hydrogen) atoms. The van der Waals surface area contributed by atoms with Crippen LogP contribution in [0.1, 0.15) is 25.6 Å². The van der Waals surface area contributed by atoms with E-state index in [4.69, 9.17) is 5.73 Å². The van der Waals surface area contributed by atoms with Crippen LogP contribution in [0, 0.1) is 11.7 Å². The fourth-order valence-corrected chi connectivity index (χ4v) is 1.93. The SMILES string of the molecule is CC(C)C(CN)c1ncc(-c2cncc(F)c2)[nH]1. The van der Waals surface area contributed by atoms with Crippen molar-refractivity contribution in [1.29, 1.82) is 0 Å². The third-order valence-electron chi connectivity index (χ3n) is 3.02. The van der Waals surface area contributed by atoms with Gasteiger partial charge in [-0.2, -0.15) is 0 Å². The van der Waals surface area contributed by atoms with Gasteiger partial charge in [-0.3, -0.25) is 4.98 Å². The standard InChI is InChI=1S/C13H17FN4/c1-8(2)11(4-15)13-17-7-12(18-13)9-3-10(14)6-16-5-9/h3,5-8,11H,4,15H2,1-2H3,(H,17,18). The van der Waals surface area contributed by atoms with Crippen LogP contribution in [0.4, 0.5) is 4.39 Å². The van der Waals surface area contributed by atoms with Crippen LogP contribution in [0.5, 0.6) is 0 Å². The largest absolute Gasteiger partial charge is 0.342 e. The molecule has 0 aliphatic rings. The van der Waals surface area contributed by atoms with Crippen molar-refractivity contribution in [3.8, 4) is 11.3 Å². The van der Waals surface area contributed by atoms with Crippen LogP contribution < -0.4 is 5.73 Å². The molecule has 1 atom stereocenters. The molecule has 0 aromatic carbocycles. The maximum Gasteiger partial charge on any atom is 0.142 e. The normalized spacial score (nSPS) is 12.9. The summed E-state index contributed by atoms with van der Waals surface area (Å²) < 4.78 is 13.1. The highest BCUT2D eigenvalue weighted by atomic mass is 19.1. The zero-order valence-electron chi connectivity index (χ0n) is 10.5. The maximum absolute atomic E-state index is 13.1. The van der Waals surface area contributed by atoms with Crippen molar-refractivity contribution in [3.63, 3.8) is 0 Å². The number of aromatic nitrogens is 3. The van der Waals surface area contributed by atoms with Gasteiger partial charge in [0.25, 0.3) is 0 Å². The second-order valence-corrected chi connectivity index (χ2v) is 4.66. The minimum absolute atomic E-state index is 0.181. The van der Waals surface area contributed by atoms with E-state index in [9.17, 15) is 4.39 Å². The molecule has 0 radical (unpaired) electrons. The highest BCUT2D eigenvalue weighted by molar-refractivity contribution is 5.57. The van der Waals surface area contributed by atoms with Gasteiger partial charge in [0.15, 0.2) is 0 Å². The highest BCUT2D eigenvalue weighted by Crippen LogP contribution is 2.24. The molecule has 0 saturated heterocycles. The molecule has 5 heteroatoms. The Balaban J connectivity index is 2.30. The van der Waals surface area contributed by atoms with E-state index in [-0.39, 0.29) is 11.7 Å². The summed E-state index contributed by atoms with van der Waals surface area (Å²) in [5.41, 5.74) is 7.19. The summed E-state index contributed by atoms with van der Waals surface area (Å²) in [6, 6.07) is 1.43. The summed E-state index contributed by atoms with van der Waals surface area (Å²) in [7, 11) is 0. The van der Waals surface area contributed by atoms with Crippen LogP contribution in [0.3, 0.4) is 0 Å². The molecule has 2 heterocycles. The highest BCUT2D eigenvalue weighted by Gasteiger charge is 2.17. The van der Waals surface area contributed by atoms with E-state index in [1.807, 2.05) is 0 Å². The topological polar surface area (TPSA) is 67.6 Å². The molecule has 4 nitrogen and oxygen atoms in total. The van der Waals surface area contributed by atoms with Crippen molar-refractivity contribution < 1.29 is 4.39 Å². The number of aromatic amines is 1. The number of rotatable bonds is 4. The van der Waals surface area contributed by atoms with Crippen molar-refractivity contribution in [2.45, 2.75) is 19.8 Å². The molecule has 0 aliphatic carbocycles. The smallest absolute Gasteiger partial charge is 0.142 e. The van der Waals surface area contributed by atoms with Crippen LogP contribution in [0.25, 0.3) is 11.3 Å². The van der Waals surface area contributed by atoms with Crippen LogP contribution in [-0.2, 0) is 0 Å². The van der Waals surface area contributed by atoms with Crippen molar-refractivity contribution in [3.05, 3.63) is 36.3 Å². The fourth-order valence-electron chi connectivity index (χ4n) is 1.93. The Morgan fingerprint density at radius 1 is 1.33 bits per heavy atom. The number of nitrogens with zero attached hydrogens (tertiary/aromatic N) is 2. The van der Waals surface area contributed by atoms with Gasteiger partial charge in [0.05, 0.1) is 18.1 Å². The summed E-state index contributed by atoms with van der Waals surface area (Å²) in [5, 5.41) is 0. The number of halogens is 1. The minimum atomic E-state index is -0.358. The first-order chi connectivity index (χ1) is 8.61. The molecule has 0 bridgehead atoms. The molecule has 0 amide bonds. The number of pyridine rings is 1. The monoisotopic (exact) mass is 248 g/mol. The lowest BCUT2D eigenvalue weighted by Gasteiger charge is -2.15. The first kappa shape index (κ1) is 12.7. The van der Waals surface area contributed by atoms with Crippen molar-refractivity contribution in [1.82, 2.24) is 15.0 Å². The number of hydrogen-bond acceptors (Lipinski definition) is 3. The average Bonchev–Trinajstić information content (AvgIpc) is 2.79.